The Hall–Kier alpha value is -1.75. The lowest BCUT2D eigenvalue weighted by molar-refractivity contribution is 0.0602. The first-order chi connectivity index (χ1) is 8.43. The predicted molar refractivity (Wildman–Crippen MR) is 69.6 cm³/mol. The lowest BCUT2D eigenvalue weighted by atomic mass is 10.1. The van der Waals surface area contributed by atoms with Crippen molar-refractivity contribution in [3.05, 3.63) is 23.8 Å². The van der Waals surface area contributed by atoms with Crippen LogP contribution in [0.1, 0.15) is 23.7 Å². The summed E-state index contributed by atoms with van der Waals surface area (Å²) in [5.74, 6) is -0.444. The van der Waals surface area contributed by atoms with E-state index in [0.717, 1.165) is 12.2 Å². The van der Waals surface area contributed by atoms with Gasteiger partial charge in [0.05, 0.1) is 18.3 Å². The van der Waals surface area contributed by atoms with E-state index in [2.05, 4.69) is 4.74 Å². The van der Waals surface area contributed by atoms with Crippen LogP contribution in [0.2, 0.25) is 0 Å². The van der Waals surface area contributed by atoms with Crippen molar-refractivity contribution in [2.75, 3.05) is 30.8 Å². The molecule has 1 aromatic carbocycles. The van der Waals surface area contributed by atoms with Gasteiger partial charge in [-0.15, -0.1) is 0 Å². The van der Waals surface area contributed by atoms with E-state index < -0.39 is 11.6 Å². The molecule has 0 saturated carbocycles. The predicted octanol–water partition coefficient (Wildman–Crippen LogP) is 1.02. The number of nitrogen functional groups attached to an aromatic ring is 1. The van der Waals surface area contributed by atoms with Crippen molar-refractivity contribution >= 4 is 17.3 Å². The van der Waals surface area contributed by atoms with E-state index in [1.807, 2.05) is 17.9 Å². The zero-order valence-corrected chi connectivity index (χ0v) is 10.6. The number of hydrogen-bond donors (Lipinski definition) is 2. The fourth-order valence-electron chi connectivity index (χ4n) is 2.19. The number of ether oxygens (including phenoxy) is 1. The molecule has 98 valence electrons. The van der Waals surface area contributed by atoms with Crippen molar-refractivity contribution in [2.45, 2.75) is 18.9 Å². The number of anilines is 2. The SMILES string of the molecule is COC(=O)c1cc(N2CCC(C)(O)C2)ccc1N. The summed E-state index contributed by atoms with van der Waals surface area (Å²) in [5.41, 5.74) is 6.71. The molecule has 2 rings (SSSR count). The fourth-order valence-corrected chi connectivity index (χ4v) is 2.19. The summed E-state index contributed by atoms with van der Waals surface area (Å²) >= 11 is 0. The van der Waals surface area contributed by atoms with E-state index in [9.17, 15) is 9.90 Å². The smallest absolute Gasteiger partial charge is 0.340 e. The summed E-state index contributed by atoms with van der Waals surface area (Å²) in [7, 11) is 1.33. The molecular formula is C13H18N2O3. The Morgan fingerprint density at radius 1 is 1.56 bits per heavy atom. The lowest BCUT2D eigenvalue weighted by Crippen LogP contribution is -2.29. The number of benzene rings is 1. The van der Waals surface area contributed by atoms with E-state index in [1.54, 1.807) is 12.1 Å². The third kappa shape index (κ3) is 2.41. The number of esters is 1. The zero-order valence-electron chi connectivity index (χ0n) is 10.6. The Kier molecular flexibility index (Phi) is 3.17. The van der Waals surface area contributed by atoms with Gasteiger partial charge in [-0.3, -0.25) is 0 Å². The van der Waals surface area contributed by atoms with Gasteiger partial charge in [0.25, 0.3) is 0 Å². The summed E-state index contributed by atoms with van der Waals surface area (Å²) in [6.45, 7) is 3.13. The number of aliphatic hydroxyl groups is 1. The first-order valence-corrected chi connectivity index (χ1v) is 5.88. The molecule has 1 fully saturated rings. The molecule has 1 atom stereocenters. The summed E-state index contributed by atoms with van der Waals surface area (Å²) in [6.07, 6.45) is 0.713. The van der Waals surface area contributed by atoms with Crippen LogP contribution in [-0.4, -0.2) is 36.9 Å². The van der Waals surface area contributed by atoms with Gasteiger partial charge in [-0.05, 0) is 31.5 Å². The van der Waals surface area contributed by atoms with E-state index in [0.29, 0.717) is 24.2 Å². The number of nitrogens with zero attached hydrogens (tertiary/aromatic N) is 1. The average molecular weight is 250 g/mol. The molecule has 1 saturated heterocycles. The Morgan fingerprint density at radius 2 is 2.28 bits per heavy atom. The molecule has 1 unspecified atom stereocenters. The number of hydrogen-bond acceptors (Lipinski definition) is 5. The highest BCUT2D eigenvalue weighted by Crippen LogP contribution is 2.28. The van der Waals surface area contributed by atoms with Crippen molar-refractivity contribution in [3.63, 3.8) is 0 Å². The average Bonchev–Trinajstić information content (AvgIpc) is 2.69. The molecule has 5 nitrogen and oxygen atoms in total. The Bertz CT molecular complexity index is 471. The van der Waals surface area contributed by atoms with Crippen molar-refractivity contribution in [1.29, 1.82) is 0 Å². The molecule has 3 N–H and O–H groups in total. The van der Waals surface area contributed by atoms with Crippen LogP contribution >= 0.6 is 0 Å². The molecule has 1 aromatic rings. The standard InChI is InChI=1S/C13H18N2O3/c1-13(17)5-6-15(8-13)9-3-4-11(14)10(7-9)12(16)18-2/h3-4,7,17H,5-6,8,14H2,1-2H3. The summed E-state index contributed by atoms with van der Waals surface area (Å²) < 4.78 is 4.69. The Balaban J connectivity index is 2.28. The van der Waals surface area contributed by atoms with E-state index in [1.165, 1.54) is 7.11 Å². The number of carbonyl (C=O) groups is 1. The van der Waals surface area contributed by atoms with Crippen molar-refractivity contribution < 1.29 is 14.6 Å². The molecule has 0 spiro atoms. The van der Waals surface area contributed by atoms with E-state index >= 15 is 0 Å². The molecule has 0 aliphatic carbocycles. The maximum Gasteiger partial charge on any atom is 0.340 e. The van der Waals surface area contributed by atoms with Gasteiger partial charge in [0.15, 0.2) is 0 Å². The minimum atomic E-state index is -0.674. The molecule has 0 bridgehead atoms. The zero-order chi connectivity index (χ0) is 13.3. The maximum atomic E-state index is 11.6. The minimum absolute atomic E-state index is 0.363. The molecule has 0 aromatic heterocycles. The number of methoxy groups -OCH3 is 1. The first-order valence-electron chi connectivity index (χ1n) is 5.88. The van der Waals surface area contributed by atoms with Gasteiger partial charge in [-0.25, -0.2) is 4.79 Å². The summed E-state index contributed by atoms with van der Waals surface area (Å²) in [4.78, 5) is 13.6. The largest absolute Gasteiger partial charge is 0.465 e. The number of nitrogens with two attached hydrogens (primary N) is 1. The summed E-state index contributed by atoms with van der Waals surface area (Å²) in [5, 5.41) is 9.95. The van der Waals surface area contributed by atoms with Gasteiger partial charge in [-0.2, -0.15) is 0 Å². The third-order valence-corrected chi connectivity index (χ3v) is 3.26. The van der Waals surface area contributed by atoms with Gasteiger partial charge in [-0.1, -0.05) is 0 Å². The van der Waals surface area contributed by atoms with Crippen LogP contribution in [0.4, 0.5) is 11.4 Å². The molecular weight excluding hydrogens is 232 g/mol. The molecule has 1 aliphatic heterocycles. The Labute approximate surface area is 106 Å². The number of carbonyl (C=O) groups excluding carboxylic acids is 1. The third-order valence-electron chi connectivity index (χ3n) is 3.26. The van der Waals surface area contributed by atoms with Crippen LogP contribution in [0.15, 0.2) is 18.2 Å². The van der Waals surface area contributed by atoms with Gasteiger partial charge >= 0.3 is 5.97 Å². The monoisotopic (exact) mass is 250 g/mol. The van der Waals surface area contributed by atoms with E-state index in [-0.39, 0.29) is 0 Å². The number of rotatable bonds is 2. The lowest BCUT2D eigenvalue weighted by Gasteiger charge is -2.21. The molecule has 1 aliphatic rings. The van der Waals surface area contributed by atoms with Crippen molar-refractivity contribution in [2.24, 2.45) is 0 Å². The van der Waals surface area contributed by atoms with Gasteiger partial charge in [0.1, 0.15) is 0 Å². The second-order valence-electron chi connectivity index (χ2n) is 4.93. The van der Waals surface area contributed by atoms with Crippen LogP contribution < -0.4 is 10.6 Å². The highest BCUT2D eigenvalue weighted by molar-refractivity contribution is 5.96. The number of β-amino-alcohol motifs (C(OH)–C–C–N with tert-alkyl or cyclic N) is 1. The van der Waals surface area contributed by atoms with Crippen LogP contribution in [0, 0.1) is 0 Å². The summed E-state index contributed by atoms with van der Waals surface area (Å²) in [6, 6.07) is 5.25. The van der Waals surface area contributed by atoms with Crippen LogP contribution in [0.3, 0.4) is 0 Å². The molecule has 18 heavy (non-hydrogen) atoms. The minimum Gasteiger partial charge on any atom is -0.465 e. The Morgan fingerprint density at radius 3 is 2.83 bits per heavy atom. The van der Waals surface area contributed by atoms with Crippen LogP contribution in [0.5, 0.6) is 0 Å². The van der Waals surface area contributed by atoms with Gasteiger partial charge < -0.3 is 20.5 Å². The second-order valence-corrected chi connectivity index (χ2v) is 4.93. The normalized spacial score (nSPS) is 23.2. The molecule has 1 heterocycles. The van der Waals surface area contributed by atoms with Crippen molar-refractivity contribution in [1.82, 2.24) is 0 Å². The van der Waals surface area contributed by atoms with Gasteiger partial charge in [0, 0.05) is 24.5 Å². The van der Waals surface area contributed by atoms with Crippen LogP contribution in [-0.2, 0) is 4.74 Å². The molecule has 0 amide bonds. The molecule has 0 radical (unpaired) electrons. The van der Waals surface area contributed by atoms with Gasteiger partial charge in [0.2, 0.25) is 0 Å². The van der Waals surface area contributed by atoms with Crippen LogP contribution in [0.25, 0.3) is 0 Å². The maximum absolute atomic E-state index is 11.6. The fraction of sp³-hybridized carbons (Fsp3) is 0.462. The highest BCUT2D eigenvalue weighted by Gasteiger charge is 2.31. The first kappa shape index (κ1) is 12.7. The topological polar surface area (TPSA) is 75.8 Å². The van der Waals surface area contributed by atoms with Crippen molar-refractivity contribution in [3.8, 4) is 0 Å². The highest BCUT2D eigenvalue weighted by atomic mass is 16.5. The molecule has 5 heteroatoms. The second kappa shape index (κ2) is 4.49. The quantitative estimate of drug-likeness (QED) is 0.605. The van der Waals surface area contributed by atoms with E-state index in [4.69, 9.17) is 5.73 Å².